The van der Waals surface area contributed by atoms with Crippen LogP contribution in [0.2, 0.25) is 0 Å². The van der Waals surface area contributed by atoms with E-state index in [1.165, 1.54) is 0 Å². The summed E-state index contributed by atoms with van der Waals surface area (Å²) in [4.78, 5) is 38.1. The van der Waals surface area contributed by atoms with E-state index in [2.05, 4.69) is 203 Å². The van der Waals surface area contributed by atoms with Gasteiger partial charge < -0.3 is 14.2 Å². The molecule has 0 aromatic rings. The van der Waals surface area contributed by atoms with Gasteiger partial charge in [0.05, 0.1) is 0 Å². The van der Waals surface area contributed by atoms with E-state index in [-0.39, 0.29) is 50.4 Å². The molecule has 0 aliphatic heterocycles. The van der Waals surface area contributed by atoms with E-state index < -0.39 is 6.10 Å². The van der Waals surface area contributed by atoms with Crippen LogP contribution in [0.15, 0.2) is 194 Å². The van der Waals surface area contributed by atoms with Crippen molar-refractivity contribution in [3.8, 4) is 0 Å². The van der Waals surface area contributed by atoms with Crippen LogP contribution in [0, 0.1) is 0 Å². The van der Waals surface area contributed by atoms with Gasteiger partial charge in [0, 0.05) is 19.3 Å². The fraction of sp³-hybridized carbons (Fsp3) is 0.478. The Kier molecular flexibility index (Phi) is 54.2. The molecule has 0 spiro atoms. The van der Waals surface area contributed by atoms with Gasteiger partial charge in [0.15, 0.2) is 6.10 Å². The maximum atomic E-state index is 12.9. The zero-order chi connectivity index (χ0) is 52.9. The summed E-state index contributed by atoms with van der Waals surface area (Å²) in [5, 5.41) is 0. The molecule has 0 aliphatic rings. The number of rotatable bonds is 47. The summed E-state index contributed by atoms with van der Waals surface area (Å²) in [5.41, 5.74) is 0. The zero-order valence-corrected chi connectivity index (χ0v) is 45.8. The Bertz CT molecular complexity index is 1810. The van der Waals surface area contributed by atoms with Crippen molar-refractivity contribution in [2.45, 2.75) is 194 Å². The average Bonchev–Trinajstić information content (AvgIpc) is 3.39. The summed E-state index contributed by atoms with van der Waals surface area (Å²) in [6, 6.07) is 0. The van der Waals surface area contributed by atoms with Gasteiger partial charge in [0.1, 0.15) is 13.2 Å². The average molecular weight is 1000 g/mol. The minimum Gasteiger partial charge on any atom is -0.462 e. The molecule has 0 aromatic heterocycles. The normalized spacial score (nSPS) is 13.6. The standard InChI is InChI=1S/C67H98O6/c1-4-7-10-13-16-19-22-25-28-31-33-36-39-42-45-48-51-54-57-60-66(69)72-63-64(62-71-65(68)59-56-53-50-47-44-41-38-35-30-27-24-21-18-15-12-9-6-3)73-67(70)61-58-55-52-49-46-43-40-37-34-32-29-26-23-20-17-14-11-8-5-2/h7-12,16-21,25-30,33-34,36-38,41-43,45-47,50-51,54,64H,4-6,13-15,22-24,31-32,35,39-40,44,48-49,52-53,55-63H2,1-3H3/b10-7-,11-8-,12-9-,19-16-,20-17-,21-18-,28-25-,29-26-,30-27-,36-33-,37-34-,41-38-,45-42-,46-43-,50-47-,54-51-/t64-/m1/s1. The van der Waals surface area contributed by atoms with Crippen LogP contribution >= 0.6 is 0 Å². The second kappa shape index (κ2) is 58.8. The Morgan fingerprint density at radius 1 is 0.274 bits per heavy atom. The molecule has 73 heavy (non-hydrogen) atoms. The predicted molar refractivity (Wildman–Crippen MR) is 315 cm³/mol. The van der Waals surface area contributed by atoms with Crippen molar-refractivity contribution < 1.29 is 28.6 Å². The zero-order valence-electron chi connectivity index (χ0n) is 45.8. The van der Waals surface area contributed by atoms with E-state index in [0.29, 0.717) is 19.3 Å². The lowest BCUT2D eigenvalue weighted by molar-refractivity contribution is -0.166. The minimum absolute atomic E-state index is 0.156. The lowest BCUT2D eigenvalue weighted by Gasteiger charge is -2.18. The highest BCUT2D eigenvalue weighted by Gasteiger charge is 2.19. The first-order chi connectivity index (χ1) is 36.0. The third kappa shape index (κ3) is 57.0. The Balaban J connectivity index is 4.71. The summed E-state index contributed by atoms with van der Waals surface area (Å²) in [7, 11) is 0. The van der Waals surface area contributed by atoms with Crippen molar-refractivity contribution in [2.75, 3.05) is 13.2 Å². The molecule has 0 rings (SSSR count). The van der Waals surface area contributed by atoms with E-state index in [0.717, 1.165) is 128 Å². The SMILES string of the molecule is CC/C=C\C/C=C\C/C=C\C/C=C\C/C=C\C/C=C\CCC(=O)OC[C@@H](COC(=O)CCC/C=C\C/C=C\C/C=C\C/C=C\C/C=C\CC)OC(=O)CCCCC/C=C\C/C=C\C/C=C\C/C=C\C/C=C\CC. The molecule has 0 aliphatic carbocycles. The number of carbonyl (C=O) groups excluding carboxylic acids is 3. The smallest absolute Gasteiger partial charge is 0.306 e. The van der Waals surface area contributed by atoms with Gasteiger partial charge in [0.25, 0.3) is 0 Å². The van der Waals surface area contributed by atoms with Crippen LogP contribution in [0.3, 0.4) is 0 Å². The molecule has 6 heteroatoms. The largest absolute Gasteiger partial charge is 0.462 e. The summed E-state index contributed by atoms with van der Waals surface area (Å²) in [6.07, 6.45) is 90.0. The van der Waals surface area contributed by atoms with Gasteiger partial charge in [0.2, 0.25) is 0 Å². The molecule has 0 aromatic carbocycles. The topological polar surface area (TPSA) is 78.9 Å². The van der Waals surface area contributed by atoms with Crippen LogP contribution in [-0.2, 0) is 28.6 Å². The summed E-state index contributed by atoms with van der Waals surface area (Å²) >= 11 is 0. The third-order valence-electron chi connectivity index (χ3n) is 10.6. The van der Waals surface area contributed by atoms with Gasteiger partial charge >= 0.3 is 17.9 Å². The quantitative estimate of drug-likeness (QED) is 0.0262. The van der Waals surface area contributed by atoms with Crippen molar-refractivity contribution in [1.82, 2.24) is 0 Å². The van der Waals surface area contributed by atoms with Crippen LogP contribution in [-0.4, -0.2) is 37.2 Å². The second-order valence-electron chi connectivity index (χ2n) is 17.3. The highest BCUT2D eigenvalue weighted by Crippen LogP contribution is 2.10. The van der Waals surface area contributed by atoms with Crippen LogP contribution in [0.25, 0.3) is 0 Å². The summed E-state index contributed by atoms with van der Waals surface area (Å²) in [6.45, 7) is 6.12. The van der Waals surface area contributed by atoms with Crippen molar-refractivity contribution in [3.63, 3.8) is 0 Å². The number of hydrogen-bond acceptors (Lipinski definition) is 6. The van der Waals surface area contributed by atoms with E-state index >= 15 is 0 Å². The van der Waals surface area contributed by atoms with Crippen molar-refractivity contribution in [1.29, 1.82) is 0 Å². The molecule has 1 atom stereocenters. The molecule has 0 N–H and O–H groups in total. The molecule has 0 saturated carbocycles. The van der Waals surface area contributed by atoms with E-state index in [1.54, 1.807) is 0 Å². The monoisotopic (exact) mass is 999 g/mol. The van der Waals surface area contributed by atoms with E-state index in [1.807, 2.05) is 12.2 Å². The molecule has 0 bridgehead atoms. The highest BCUT2D eigenvalue weighted by atomic mass is 16.6. The molecule has 6 nitrogen and oxygen atoms in total. The van der Waals surface area contributed by atoms with E-state index in [9.17, 15) is 14.4 Å². The molecule has 0 fully saturated rings. The van der Waals surface area contributed by atoms with Crippen LogP contribution in [0.5, 0.6) is 0 Å². The molecule has 0 amide bonds. The summed E-state index contributed by atoms with van der Waals surface area (Å²) < 4.78 is 16.7. The highest BCUT2D eigenvalue weighted by molar-refractivity contribution is 5.71. The van der Waals surface area contributed by atoms with Gasteiger partial charge in [-0.25, -0.2) is 0 Å². The van der Waals surface area contributed by atoms with Crippen molar-refractivity contribution in [2.24, 2.45) is 0 Å². The van der Waals surface area contributed by atoms with Crippen LogP contribution in [0.1, 0.15) is 188 Å². The molecule has 402 valence electrons. The molecule has 0 heterocycles. The second-order valence-corrected chi connectivity index (χ2v) is 17.3. The molecular weight excluding hydrogens is 901 g/mol. The van der Waals surface area contributed by atoms with Gasteiger partial charge in [-0.15, -0.1) is 0 Å². The first-order valence-corrected chi connectivity index (χ1v) is 27.9. The number of ether oxygens (including phenoxy) is 3. The first-order valence-electron chi connectivity index (χ1n) is 27.9. The fourth-order valence-corrected chi connectivity index (χ4v) is 6.53. The molecule has 0 saturated heterocycles. The number of allylic oxidation sites excluding steroid dienone is 32. The van der Waals surface area contributed by atoms with Crippen molar-refractivity contribution >= 4 is 17.9 Å². The fourth-order valence-electron chi connectivity index (χ4n) is 6.53. The van der Waals surface area contributed by atoms with Crippen LogP contribution in [0.4, 0.5) is 0 Å². The Morgan fingerprint density at radius 3 is 0.863 bits per heavy atom. The maximum Gasteiger partial charge on any atom is 0.306 e. The van der Waals surface area contributed by atoms with Gasteiger partial charge in [-0.05, 0) is 141 Å². The lowest BCUT2D eigenvalue weighted by atomic mass is 10.1. The minimum atomic E-state index is -0.862. The lowest BCUT2D eigenvalue weighted by Crippen LogP contribution is -2.30. The van der Waals surface area contributed by atoms with Crippen molar-refractivity contribution in [3.05, 3.63) is 194 Å². The van der Waals surface area contributed by atoms with Gasteiger partial charge in [-0.3, -0.25) is 14.4 Å². The first kappa shape index (κ1) is 67.2. The van der Waals surface area contributed by atoms with Gasteiger partial charge in [-0.1, -0.05) is 222 Å². The molecule has 0 radical (unpaired) electrons. The maximum absolute atomic E-state index is 12.9. The number of esters is 3. The van der Waals surface area contributed by atoms with Gasteiger partial charge in [-0.2, -0.15) is 0 Å². The number of unbranched alkanes of at least 4 members (excludes halogenated alkanes) is 4. The Hall–Kier alpha value is -5.75. The van der Waals surface area contributed by atoms with Crippen LogP contribution < -0.4 is 0 Å². The molecular formula is C67H98O6. The predicted octanol–water partition coefficient (Wildman–Crippen LogP) is 19.1. The molecule has 0 unspecified atom stereocenters. The number of carbonyl (C=O) groups is 3. The van der Waals surface area contributed by atoms with E-state index in [4.69, 9.17) is 14.2 Å². The summed E-state index contributed by atoms with van der Waals surface area (Å²) in [5.74, 6) is -1.14. The third-order valence-corrected chi connectivity index (χ3v) is 10.6. The Labute approximate surface area is 446 Å². The Morgan fingerprint density at radius 2 is 0.534 bits per heavy atom. The number of hydrogen-bond donors (Lipinski definition) is 0.